The van der Waals surface area contributed by atoms with Gasteiger partial charge in [-0.05, 0) is 63.1 Å². The van der Waals surface area contributed by atoms with Gasteiger partial charge in [-0.1, -0.05) is 35.3 Å². The van der Waals surface area contributed by atoms with Gasteiger partial charge >= 0.3 is 28.0 Å². The monoisotopic (exact) mass is 1200 g/mol. The van der Waals surface area contributed by atoms with Gasteiger partial charge in [0.1, 0.15) is 23.8 Å². The normalized spacial score (nSPS) is 31.6. The molecule has 6 aliphatic rings. The molecule has 10 heterocycles. The highest BCUT2D eigenvalue weighted by Crippen LogP contribution is 2.60. The molecule has 6 fully saturated rings. The lowest BCUT2D eigenvalue weighted by Crippen LogP contribution is -2.42. The number of nitrogens with zero attached hydrogens (tertiary/aromatic N) is 8. The maximum absolute atomic E-state index is 13.6. The number of ether oxygens (including phenoxy) is 8. The summed E-state index contributed by atoms with van der Waals surface area (Å²) in [4.78, 5) is 49.8. The highest BCUT2D eigenvalue weighted by molar-refractivity contribution is 7.48. The standard InChI is InChI=1S/2C23H24ClFN5O9P/c2*1-3-33-19-16-18(28-21(26)29-19)30(10-27-16)20-23(2)17(37-22(31)38-23)15(36-20)9-35-40(32)34-7-6-14(39-40)11-4-5-13(25)12(24)8-11/h2*4-5,8,10,14-15,17,20H,3,6-7,9H2,1-2H3,(H2,26,28,29)/t14-,15+,17+,20+,23+,40+;14-,15-,17-,20-,23-,40+/m01/s1. The molecule has 428 valence electrons. The third kappa shape index (κ3) is 10.4. The Morgan fingerprint density at radius 1 is 0.675 bits per heavy atom. The van der Waals surface area contributed by atoms with Crippen molar-refractivity contribution >= 4 is 85.4 Å². The number of nitrogen functional groups attached to an aromatic ring is 2. The number of rotatable bonds is 14. The Morgan fingerprint density at radius 3 is 1.48 bits per heavy atom. The van der Waals surface area contributed by atoms with Crippen molar-refractivity contribution < 1.29 is 92.5 Å². The van der Waals surface area contributed by atoms with Crippen molar-refractivity contribution in [3.05, 3.63) is 81.9 Å². The van der Waals surface area contributed by atoms with Crippen molar-refractivity contribution in [1.82, 2.24) is 39.0 Å². The van der Waals surface area contributed by atoms with Gasteiger partial charge in [0.15, 0.2) is 58.2 Å². The predicted molar refractivity (Wildman–Crippen MR) is 268 cm³/mol. The van der Waals surface area contributed by atoms with Gasteiger partial charge in [0, 0.05) is 12.8 Å². The number of aromatic nitrogens is 8. The van der Waals surface area contributed by atoms with Crippen LogP contribution in [-0.2, 0) is 64.7 Å². The molecule has 0 saturated carbocycles. The molecule has 4 aromatic heterocycles. The molecule has 0 unspecified atom stereocenters. The van der Waals surface area contributed by atoms with Gasteiger partial charge in [-0.3, -0.25) is 36.3 Å². The number of phosphoric ester groups is 2. The van der Waals surface area contributed by atoms with Crippen LogP contribution < -0.4 is 20.9 Å². The molecule has 80 heavy (non-hydrogen) atoms. The van der Waals surface area contributed by atoms with Crippen molar-refractivity contribution in [2.75, 3.05) is 51.1 Å². The zero-order valence-corrected chi connectivity index (χ0v) is 45.7. The van der Waals surface area contributed by atoms with Crippen LogP contribution >= 0.6 is 38.8 Å². The maximum Gasteiger partial charge on any atom is 0.509 e. The van der Waals surface area contributed by atoms with Crippen LogP contribution in [0.3, 0.4) is 0 Å². The van der Waals surface area contributed by atoms with Crippen LogP contribution in [0.4, 0.5) is 30.3 Å². The fraction of sp³-hybridized carbons (Fsp3) is 0.478. The Hall–Kier alpha value is -6.14. The number of halogens is 4. The SMILES string of the molecule is CCOc1nc(N)nc2c1ncn2[C@@H]1O[C@H](CO[P@@]2(=O)OCC[C@@H](c3ccc(F)c(Cl)c3)O2)[C@H]2OC(=O)O[C@]21C.CCOc1nc(N)nc2c1ncn2[C@@H]1O[C@H](CO[P@]2(=O)OCC[C@H](c3ccc(F)c(Cl)c3)O2)[C@H]2OC(=O)O[C@]21C. The average molecular weight is 1200 g/mol. The summed E-state index contributed by atoms with van der Waals surface area (Å²) in [6, 6.07) is 8.14. The highest BCUT2D eigenvalue weighted by Gasteiger charge is 2.66. The van der Waals surface area contributed by atoms with Crippen molar-refractivity contribution in [3.8, 4) is 11.8 Å². The molecular weight excluding hydrogens is 1150 g/mol. The summed E-state index contributed by atoms with van der Waals surface area (Å²) in [5.41, 5.74) is 11.3. The maximum atomic E-state index is 13.6. The Bertz CT molecular complexity index is 3280. The molecule has 4 N–H and O–H groups in total. The van der Waals surface area contributed by atoms with E-state index in [1.54, 1.807) is 27.7 Å². The van der Waals surface area contributed by atoms with Crippen LogP contribution in [0.2, 0.25) is 10.0 Å². The molecule has 0 bridgehead atoms. The number of carbonyl (C=O) groups is 2. The van der Waals surface area contributed by atoms with Crippen molar-refractivity contribution in [1.29, 1.82) is 0 Å². The Balaban J connectivity index is 0.000000169. The Labute approximate surface area is 460 Å². The van der Waals surface area contributed by atoms with Gasteiger partial charge in [-0.15, -0.1) is 0 Å². The first-order chi connectivity index (χ1) is 38.2. The first-order valence-corrected chi connectivity index (χ1v) is 28.3. The van der Waals surface area contributed by atoms with Crippen LogP contribution in [0.15, 0.2) is 49.1 Å². The van der Waals surface area contributed by atoms with E-state index in [-0.39, 0.29) is 71.4 Å². The number of hydrogen-bond donors (Lipinski definition) is 2. The van der Waals surface area contributed by atoms with Gasteiger partial charge in [0.2, 0.25) is 23.7 Å². The Morgan fingerprint density at radius 2 is 1.09 bits per heavy atom. The molecular formula is C46H48Cl2F2N10O18P2. The molecule has 0 amide bonds. The van der Waals surface area contributed by atoms with Crippen LogP contribution in [0, 0.1) is 11.6 Å². The zero-order chi connectivity index (χ0) is 56.5. The second-order valence-corrected chi connectivity index (χ2v) is 22.8. The lowest BCUT2D eigenvalue weighted by molar-refractivity contribution is -0.0927. The smallest absolute Gasteiger partial charge is 0.476 e. The molecule has 0 radical (unpaired) electrons. The second-order valence-electron chi connectivity index (χ2n) is 18.8. The minimum absolute atomic E-state index is 0.0502. The highest BCUT2D eigenvalue weighted by atomic mass is 35.5. The largest absolute Gasteiger partial charge is 0.509 e. The van der Waals surface area contributed by atoms with E-state index in [1.807, 2.05) is 0 Å². The van der Waals surface area contributed by atoms with Crippen molar-refractivity contribution in [3.63, 3.8) is 0 Å². The molecule has 2 aromatic carbocycles. The van der Waals surface area contributed by atoms with Gasteiger partial charge in [-0.2, -0.15) is 19.9 Å². The van der Waals surface area contributed by atoms with Crippen LogP contribution in [0.5, 0.6) is 11.8 Å². The summed E-state index contributed by atoms with van der Waals surface area (Å²) >= 11 is 11.8. The lowest BCUT2D eigenvalue weighted by Gasteiger charge is -2.30. The van der Waals surface area contributed by atoms with E-state index in [1.165, 1.54) is 58.2 Å². The number of nitrogens with two attached hydrogens (primary N) is 2. The van der Waals surface area contributed by atoms with Crippen molar-refractivity contribution in [2.24, 2.45) is 0 Å². The first kappa shape index (κ1) is 55.8. The van der Waals surface area contributed by atoms with Gasteiger partial charge in [-0.25, -0.2) is 37.5 Å². The minimum atomic E-state index is -4.10. The van der Waals surface area contributed by atoms with Crippen LogP contribution in [0.25, 0.3) is 22.3 Å². The fourth-order valence-electron chi connectivity index (χ4n) is 9.92. The molecule has 6 aliphatic heterocycles. The molecule has 0 aliphatic carbocycles. The van der Waals surface area contributed by atoms with E-state index < -0.39 is 99.9 Å². The quantitative estimate of drug-likeness (QED) is 0.0766. The summed E-state index contributed by atoms with van der Waals surface area (Å²) in [6.07, 6.45) is -5.53. The van der Waals surface area contributed by atoms with E-state index in [0.717, 1.165) is 0 Å². The van der Waals surface area contributed by atoms with E-state index >= 15 is 0 Å². The number of phosphoric acid groups is 2. The summed E-state index contributed by atoms with van der Waals surface area (Å²) in [5.74, 6) is -0.919. The predicted octanol–water partition coefficient (Wildman–Crippen LogP) is 8.19. The summed E-state index contributed by atoms with van der Waals surface area (Å²) in [6.45, 7) is 6.86. The fourth-order valence-corrected chi connectivity index (χ4v) is 13.1. The van der Waals surface area contributed by atoms with Crippen LogP contribution in [0.1, 0.15) is 76.3 Å². The number of carbonyl (C=O) groups excluding carboxylic acids is 2. The molecule has 12 atom stereocenters. The first-order valence-electron chi connectivity index (χ1n) is 24.6. The van der Waals surface area contributed by atoms with Gasteiger partial charge in [0.25, 0.3) is 0 Å². The minimum Gasteiger partial charge on any atom is -0.476 e. The number of benzene rings is 2. The van der Waals surface area contributed by atoms with E-state index in [0.29, 0.717) is 48.2 Å². The molecule has 6 aromatic rings. The van der Waals surface area contributed by atoms with E-state index in [2.05, 4.69) is 29.9 Å². The Kier molecular flexibility index (Phi) is 15.1. The average Bonchev–Trinajstić information content (AvgIpc) is 4.43. The molecule has 34 heteroatoms. The van der Waals surface area contributed by atoms with E-state index in [4.69, 9.17) is 99.7 Å². The summed E-state index contributed by atoms with van der Waals surface area (Å²) in [7, 11) is -8.20. The molecule has 28 nitrogen and oxygen atoms in total. The number of fused-ring (bicyclic) bond motifs is 4. The zero-order valence-electron chi connectivity index (χ0n) is 42.4. The lowest BCUT2D eigenvalue weighted by atomic mass is 9.96. The number of imidazole rings is 2. The summed E-state index contributed by atoms with van der Waals surface area (Å²) in [5, 5.41) is -0.188. The third-order valence-electron chi connectivity index (χ3n) is 13.5. The third-order valence-corrected chi connectivity index (χ3v) is 17.1. The van der Waals surface area contributed by atoms with Gasteiger partial charge < -0.3 is 49.4 Å². The summed E-state index contributed by atoms with van der Waals surface area (Å²) < 4.78 is 136. The molecule has 12 rings (SSSR count). The van der Waals surface area contributed by atoms with E-state index in [9.17, 15) is 27.5 Å². The number of anilines is 2. The van der Waals surface area contributed by atoms with Crippen LogP contribution in [-0.4, -0.2) is 127 Å². The van der Waals surface area contributed by atoms with Crippen molar-refractivity contribution in [2.45, 2.75) is 101 Å². The molecule has 6 saturated heterocycles. The topological polar surface area (TPSA) is 337 Å². The molecule has 0 spiro atoms. The van der Waals surface area contributed by atoms with Gasteiger partial charge in [0.05, 0.1) is 74.5 Å². The second kappa shape index (κ2) is 21.6. The number of hydrogen-bond acceptors (Lipinski definition) is 26.